The number of carbonyl (C=O) groups is 1. The van der Waals surface area contributed by atoms with E-state index in [-0.39, 0.29) is 0 Å². The Bertz CT molecular complexity index is 962. The number of phosphoric acid groups is 1. The Morgan fingerprint density at radius 3 is 1.03 bits per heavy atom. The largest absolute Gasteiger partial charge is 0.479 e. The monoisotopic (exact) mass is 585 g/mol. The SMILES string of the molecule is O=C(O)[C@@](N(P(=O)(O)O)P(=O)(O)O)(C(OP(=O)(O)O)(P(=O)(O)O)P(=O)(O)O)P(=O)(O)O. The minimum Gasteiger partial charge on any atom is -0.479 e. The third-order valence-corrected chi connectivity index (χ3v) is 13.0. The lowest BCUT2D eigenvalue weighted by atomic mass is 10.3. The van der Waals surface area contributed by atoms with Crippen LogP contribution >= 0.6 is 46.1 Å². The molecule has 22 nitrogen and oxygen atoms in total. The van der Waals surface area contributed by atoms with Crippen LogP contribution in [0.5, 0.6) is 0 Å². The lowest BCUT2D eigenvalue weighted by Gasteiger charge is -2.49. The summed E-state index contributed by atoms with van der Waals surface area (Å²) in [5.41, 5.74) is 0. The summed E-state index contributed by atoms with van der Waals surface area (Å²) in [6.07, 6.45) is 0. The fraction of sp³-hybridized carbons (Fsp3) is 0.667. The first kappa shape index (κ1) is 31.3. The zero-order chi connectivity index (χ0) is 25.9. The van der Waals surface area contributed by atoms with Gasteiger partial charge in [-0.25, -0.2) is 18.5 Å². The van der Waals surface area contributed by atoms with E-state index in [1.807, 2.05) is 0 Å². The first-order chi connectivity index (χ1) is 13.0. The molecule has 0 aliphatic heterocycles. The molecule has 0 rings (SSSR count). The van der Waals surface area contributed by atoms with E-state index >= 15 is 0 Å². The number of hydrogen-bond donors (Lipinski definition) is 13. The van der Waals surface area contributed by atoms with E-state index < -0.39 is 66.9 Å². The second-order valence-electron chi connectivity index (χ2n) is 5.12. The van der Waals surface area contributed by atoms with Gasteiger partial charge in [0.2, 0.25) is 0 Å². The molecule has 0 saturated heterocycles. The molecule has 0 saturated carbocycles. The molecule has 0 spiro atoms. The molecule has 0 fully saturated rings. The number of phosphoric ester groups is 1. The van der Waals surface area contributed by atoms with Gasteiger partial charge >= 0.3 is 57.2 Å². The number of nitrogens with zero attached hydrogens (tertiary/aromatic N) is 1. The minimum absolute atomic E-state index is 2.52. The van der Waals surface area contributed by atoms with E-state index in [0.717, 1.165) is 0 Å². The topological polar surface area (TPSA) is 395 Å². The van der Waals surface area contributed by atoms with E-state index in [4.69, 9.17) is 29.4 Å². The van der Waals surface area contributed by atoms with Gasteiger partial charge in [0.05, 0.1) is 0 Å². The molecule has 0 amide bonds. The van der Waals surface area contributed by atoms with Crippen molar-refractivity contribution >= 4 is 52.1 Å². The van der Waals surface area contributed by atoms with Crippen LogP contribution in [0.25, 0.3) is 0 Å². The third kappa shape index (κ3) is 5.52. The molecular formula is C3H13NO21P6. The molecule has 0 aromatic heterocycles. The predicted molar refractivity (Wildman–Crippen MR) is 88.3 cm³/mol. The second kappa shape index (κ2) is 8.50. The van der Waals surface area contributed by atoms with E-state index in [2.05, 4.69) is 4.52 Å². The van der Waals surface area contributed by atoms with Crippen LogP contribution in [0.1, 0.15) is 0 Å². The van der Waals surface area contributed by atoms with Crippen LogP contribution in [0.2, 0.25) is 0 Å². The Morgan fingerprint density at radius 2 is 0.903 bits per heavy atom. The van der Waals surface area contributed by atoms with Crippen LogP contribution in [0.4, 0.5) is 0 Å². The van der Waals surface area contributed by atoms with Crippen molar-refractivity contribution in [2.45, 2.75) is 10.4 Å². The van der Waals surface area contributed by atoms with Crippen LogP contribution in [0.3, 0.4) is 0 Å². The second-order valence-corrected chi connectivity index (χ2v) is 15.0. The minimum atomic E-state index is -7.72. The maximum atomic E-state index is 12.0. The average Bonchev–Trinajstić information content (AvgIpc) is 2.33. The Morgan fingerprint density at radius 1 is 0.613 bits per heavy atom. The lowest BCUT2D eigenvalue weighted by Crippen LogP contribution is -2.66. The van der Waals surface area contributed by atoms with Gasteiger partial charge < -0.3 is 63.8 Å². The fourth-order valence-corrected chi connectivity index (χ4v) is 13.4. The van der Waals surface area contributed by atoms with E-state index in [1.54, 1.807) is 0 Å². The predicted octanol–water partition coefficient (Wildman–Crippen LogP) is -3.45. The van der Waals surface area contributed by atoms with Gasteiger partial charge in [-0.3, -0.25) is 18.2 Å². The van der Waals surface area contributed by atoms with Crippen molar-refractivity contribution in [2.75, 3.05) is 0 Å². The molecule has 0 aromatic carbocycles. The van der Waals surface area contributed by atoms with Crippen molar-refractivity contribution in [1.82, 2.24) is 4.44 Å². The van der Waals surface area contributed by atoms with Crippen molar-refractivity contribution < 1.29 is 101 Å². The first-order valence-corrected chi connectivity index (χ1v) is 15.6. The Labute approximate surface area is 168 Å². The first-order valence-electron chi connectivity index (χ1n) is 6.10. The Kier molecular flexibility index (Phi) is 8.58. The van der Waals surface area contributed by atoms with Gasteiger partial charge in [0.25, 0.3) is 5.28 Å². The summed E-state index contributed by atoms with van der Waals surface area (Å²) in [6, 6.07) is 0. The highest BCUT2D eigenvalue weighted by atomic mass is 31.3. The van der Waals surface area contributed by atoms with Crippen molar-refractivity contribution in [1.29, 1.82) is 0 Å². The lowest BCUT2D eigenvalue weighted by molar-refractivity contribution is -0.148. The summed E-state index contributed by atoms with van der Waals surface area (Å²) >= 11 is 0. The molecule has 0 aliphatic carbocycles. The van der Waals surface area contributed by atoms with Gasteiger partial charge in [0, 0.05) is 0 Å². The normalized spacial score (nSPS) is 17.5. The number of carboxylic acids is 1. The van der Waals surface area contributed by atoms with Gasteiger partial charge in [-0.05, 0) is 0 Å². The van der Waals surface area contributed by atoms with Gasteiger partial charge in [0.15, 0.2) is 0 Å². The molecule has 0 aromatic rings. The van der Waals surface area contributed by atoms with Crippen LogP contribution in [-0.4, -0.2) is 84.6 Å². The van der Waals surface area contributed by atoms with Crippen LogP contribution in [0, 0.1) is 0 Å². The summed E-state index contributed by atoms with van der Waals surface area (Å²) in [6.45, 7) is 0. The molecule has 0 unspecified atom stereocenters. The smallest absolute Gasteiger partial charge is 0.471 e. The summed E-state index contributed by atoms with van der Waals surface area (Å²) in [4.78, 5) is 122. The summed E-state index contributed by atoms with van der Waals surface area (Å²) in [5.74, 6) is -3.91. The van der Waals surface area contributed by atoms with Gasteiger partial charge in [-0.1, -0.05) is 4.44 Å². The average molecular weight is 585 g/mol. The molecule has 13 N–H and O–H groups in total. The molecule has 1 atom stereocenters. The van der Waals surface area contributed by atoms with Gasteiger partial charge in [0.1, 0.15) is 0 Å². The van der Waals surface area contributed by atoms with Gasteiger partial charge in [-0.15, -0.1) is 0 Å². The van der Waals surface area contributed by atoms with Crippen molar-refractivity contribution in [3.05, 3.63) is 0 Å². The summed E-state index contributed by atoms with van der Waals surface area (Å²) < 4.78 is 70.9. The molecule has 0 aliphatic rings. The molecular weight excluding hydrogens is 572 g/mol. The molecule has 28 heteroatoms. The van der Waals surface area contributed by atoms with Crippen LogP contribution in [0.15, 0.2) is 0 Å². The van der Waals surface area contributed by atoms with Crippen molar-refractivity contribution in [3.63, 3.8) is 0 Å². The maximum absolute atomic E-state index is 12.0. The summed E-state index contributed by atoms with van der Waals surface area (Å²) in [5, 5.41) is -3.20. The highest BCUT2D eigenvalue weighted by Crippen LogP contribution is 2.86. The van der Waals surface area contributed by atoms with Crippen LogP contribution < -0.4 is 0 Å². The summed E-state index contributed by atoms with van der Waals surface area (Å²) in [7, 11) is -44.6. The molecule has 186 valence electrons. The quantitative estimate of drug-likeness (QED) is 0.111. The number of hydrogen-bond acceptors (Lipinski definition) is 8. The van der Waals surface area contributed by atoms with Crippen molar-refractivity contribution in [2.24, 2.45) is 0 Å². The molecule has 0 bridgehead atoms. The molecule has 0 radical (unpaired) electrons. The van der Waals surface area contributed by atoms with Crippen molar-refractivity contribution in [3.8, 4) is 0 Å². The fourth-order valence-electron chi connectivity index (χ4n) is 2.23. The van der Waals surface area contributed by atoms with E-state index in [9.17, 15) is 66.7 Å². The number of aliphatic carboxylic acids is 1. The maximum Gasteiger partial charge on any atom is 0.471 e. The van der Waals surface area contributed by atoms with E-state index in [0.29, 0.717) is 0 Å². The Hall–Kier alpha value is 0.290. The van der Waals surface area contributed by atoms with E-state index in [1.165, 1.54) is 0 Å². The highest BCUT2D eigenvalue weighted by molar-refractivity contribution is 7.76. The Balaban J connectivity index is 8.77. The third-order valence-electron chi connectivity index (χ3n) is 2.99. The van der Waals surface area contributed by atoms with Gasteiger partial charge in [-0.2, -0.15) is 0 Å². The zero-order valence-corrected chi connectivity index (χ0v) is 19.1. The number of carboxylic acid groups (broad SMARTS) is 1. The zero-order valence-electron chi connectivity index (χ0n) is 13.7. The number of rotatable bonds is 10. The molecule has 31 heavy (non-hydrogen) atoms. The standard InChI is InChI=1S/C3H13NO21P6/c5-1(6)2(26(7,8)9,4(29(16,17)18)30(19,20)21)3(27(10,11)12,28(13,14)15)25-31(22,23)24/h(H,5,6)(H2,7,8,9)(H2,10,11,12)(H2,13,14,15)(H2,16,17,18)(H2,19,20,21)(H2,22,23,24)/t2-/m0/s1. The highest BCUT2D eigenvalue weighted by Gasteiger charge is 2.90. The molecule has 0 heterocycles. The van der Waals surface area contributed by atoms with Crippen LogP contribution in [-0.2, 0) is 36.7 Å².